The summed E-state index contributed by atoms with van der Waals surface area (Å²) in [5.74, 6) is 2.12. The SMILES string of the molecule is CC(C)(C)CCSCC(=O)N1CCCC1. The number of rotatable bonds is 4. The van der Waals surface area contributed by atoms with Crippen LogP contribution in [0.15, 0.2) is 0 Å². The fourth-order valence-corrected chi connectivity index (χ4v) is 2.85. The third-order valence-corrected chi connectivity index (χ3v) is 3.62. The lowest BCUT2D eigenvalue weighted by Crippen LogP contribution is -2.29. The van der Waals surface area contributed by atoms with Crippen molar-refractivity contribution in [3.63, 3.8) is 0 Å². The molecule has 1 aliphatic heterocycles. The van der Waals surface area contributed by atoms with Crippen LogP contribution >= 0.6 is 11.8 Å². The minimum absolute atomic E-state index is 0.339. The van der Waals surface area contributed by atoms with Gasteiger partial charge in [0.1, 0.15) is 0 Å². The van der Waals surface area contributed by atoms with E-state index in [-0.39, 0.29) is 0 Å². The lowest BCUT2D eigenvalue weighted by Gasteiger charge is -2.18. The molecule has 1 fully saturated rings. The molecule has 0 aromatic heterocycles. The van der Waals surface area contributed by atoms with Crippen LogP contribution in [-0.2, 0) is 4.79 Å². The first-order valence-corrected chi connectivity index (χ1v) is 7.00. The normalized spacial score (nSPS) is 17.1. The molecule has 0 aromatic carbocycles. The average Bonchev–Trinajstić information content (AvgIpc) is 2.63. The number of thioether (sulfide) groups is 1. The van der Waals surface area contributed by atoms with E-state index < -0.39 is 0 Å². The maximum absolute atomic E-state index is 11.7. The van der Waals surface area contributed by atoms with Crippen molar-refractivity contribution >= 4 is 17.7 Å². The van der Waals surface area contributed by atoms with E-state index in [0.717, 1.165) is 18.8 Å². The number of likely N-dealkylation sites (tertiary alicyclic amines) is 1. The molecule has 1 saturated heterocycles. The van der Waals surface area contributed by atoms with Gasteiger partial charge in [0, 0.05) is 13.1 Å². The van der Waals surface area contributed by atoms with Crippen LogP contribution < -0.4 is 0 Å². The van der Waals surface area contributed by atoms with Gasteiger partial charge in [-0.05, 0) is 30.4 Å². The predicted octanol–water partition coefficient (Wildman–Crippen LogP) is 2.78. The molecular weight excluding hydrogens is 206 g/mol. The number of nitrogens with zero attached hydrogens (tertiary/aromatic N) is 1. The molecule has 0 saturated carbocycles. The first-order valence-electron chi connectivity index (χ1n) is 5.84. The van der Waals surface area contributed by atoms with Gasteiger partial charge in [-0.2, -0.15) is 11.8 Å². The number of carbonyl (C=O) groups excluding carboxylic acids is 1. The summed E-state index contributed by atoms with van der Waals surface area (Å²) in [5, 5.41) is 0. The minimum Gasteiger partial charge on any atom is -0.342 e. The molecule has 88 valence electrons. The Labute approximate surface area is 97.8 Å². The molecule has 0 radical (unpaired) electrons. The number of carbonyl (C=O) groups is 1. The quantitative estimate of drug-likeness (QED) is 0.691. The van der Waals surface area contributed by atoms with Crippen molar-refractivity contribution in [1.29, 1.82) is 0 Å². The van der Waals surface area contributed by atoms with Crippen LogP contribution in [0.25, 0.3) is 0 Å². The lowest BCUT2D eigenvalue weighted by molar-refractivity contribution is -0.127. The number of amides is 1. The summed E-state index contributed by atoms with van der Waals surface area (Å²) < 4.78 is 0. The highest BCUT2D eigenvalue weighted by Crippen LogP contribution is 2.21. The molecule has 2 nitrogen and oxygen atoms in total. The Balaban J connectivity index is 2.07. The molecule has 0 bridgehead atoms. The minimum atomic E-state index is 0.339. The fourth-order valence-electron chi connectivity index (χ4n) is 1.60. The average molecular weight is 229 g/mol. The van der Waals surface area contributed by atoms with E-state index in [4.69, 9.17) is 0 Å². The van der Waals surface area contributed by atoms with Crippen molar-refractivity contribution in [1.82, 2.24) is 4.90 Å². The zero-order chi connectivity index (χ0) is 11.3. The lowest BCUT2D eigenvalue weighted by atomic mass is 9.94. The van der Waals surface area contributed by atoms with Crippen molar-refractivity contribution in [2.45, 2.75) is 40.0 Å². The summed E-state index contributed by atoms with van der Waals surface area (Å²) in [6, 6.07) is 0. The molecule has 1 aliphatic rings. The summed E-state index contributed by atoms with van der Waals surface area (Å²) in [5.41, 5.74) is 0.393. The van der Waals surface area contributed by atoms with Crippen molar-refractivity contribution in [2.24, 2.45) is 5.41 Å². The van der Waals surface area contributed by atoms with Gasteiger partial charge >= 0.3 is 0 Å². The van der Waals surface area contributed by atoms with Crippen molar-refractivity contribution < 1.29 is 4.79 Å². The molecule has 3 heteroatoms. The van der Waals surface area contributed by atoms with E-state index in [1.165, 1.54) is 19.3 Å². The van der Waals surface area contributed by atoms with Crippen molar-refractivity contribution in [3.05, 3.63) is 0 Å². The topological polar surface area (TPSA) is 20.3 Å². The second-order valence-electron chi connectivity index (χ2n) is 5.45. The van der Waals surface area contributed by atoms with Gasteiger partial charge in [-0.15, -0.1) is 0 Å². The maximum Gasteiger partial charge on any atom is 0.232 e. The van der Waals surface area contributed by atoms with Gasteiger partial charge in [-0.25, -0.2) is 0 Å². The van der Waals surface area contributed by atoms with Gasteiger partial charge < -0.3 is 4.90 Å². The molecule has 1 amide bonds. The smallest absolute Gasteiger partial charge is 0.232 e. The van der Waals surface area contributed by atoms with Crippen LogP contribution in [0.2, 0.25) is 0 Å². The zero-order valence-electron chi connectivity index (χ0n) is 10.2. The first-order chi connectivity index (χ1) is 6.99. The maximum atomic E-state index is 11.7. The van der Waals surface area contributed by atoms with Crippen LogP contribution in [0.5, 0.6) is 0 Å². The Kier molecular flexibility index (Phi) is 4.97. The van der Waals surface area contributed by atoms with Crippen molar-refractivity contribution in [2.75, 3.05) is 24.6 Å². The Morgan fingerprint density at radius 3 is 2.40 bits per heavy atom. The highest BCUT2D eigenvalue weighted by Gasteiger charge is 2.17. The molecule has 15 heavy (non-hydrogen) atoms. The van der Waals surface area contributed by atoms with E-state index >= 15 is 0 Å². The zero-order valence-corrected chi connectivity index (χ0v) is 11.0. The Bertz CT molecular complexity index is 204. The Hall–Kier alpha value is -0.180. The molecule has 0 spiro atoms. The summed E-state index contributed by atoms with van der Waals surface area (Å²) in [6.45, 7) is 8.71. The summed E-state index contributed by atoms with van der Waals surface area (Å²) in [7, 11) is 0. The van der Waals surface area contributed by atoms with Gasteiger partial charge in [0.25, 0.3) is 0 Å². The van der Waals surface area contributed by atoms with Gasteiger partial charge in [0.05, 0.1) is 5.75 Å². The second-order valence-corrected chi connectivity index (χ2v) is 6.56. The number of hydrogen-bond donors (Lipinski definition) is 0. The van der Waals surface area contributed by atoms with E-state index in [0.29, 0.717) is 17.1 Å². The summed E-state index contributed by atoms with van der Waals surface area (Å²) >= 11 is 1.78. The molecule has 1 heterocycles. The second kappa shape index (κ2) is 5.78. The fraction of sp³-hybridized carbons (Fsp3) is 0.917. The van der Waals surface area contributed by atoms with Gasteiger partial charge in [0.2, 0.25) is 5.91 Å². The summed E-state index contributed by atoms with van der Waals surface area (Å²) in [6.07, 6.45) is 3.57. The van der Waals surface area contributed by atoms with Gasteiger partial charge in [0.15, 0.2) is 0 Å². The Morgan fingerprint density at radius 2 is 1.87 bits per heavy atom. The largest absolute Gasteiger partial charge is 0.342 e. The third-order valence-electron chi connectivity index (χ3n) is 2.68. The predicted molar refractivity (Wildman–Crippen MR) is 67.2 cm³/mol. The van der Waals surface area contributed by atoms with Crippen LogP contribution in [0.1, 0.15) is 40.0 Å². The first kappa shape index (κ1) is 12.9. The number of hydrogen-bond acceptors (Lipinski definition) is 2. The standard InChI is InChI=1S/C12H23NOS/c1-12(2,3)6-9-15-10-11(14)13-7-4-5-8-13/h4-10H2,1-3H3. The van der Waals surface area contributed by atoms with Crippen LogP contribution in [0.3, 0.4) is 0 Å². The van der Waals surface area contributed by atoms with Gasteiger partial charge in [-0.1, -0.05) is 20.8 Å². The van der Waals surface area contributed by atoms with Crippen LogP contribution in [-0.4, -0.2) is 35.4 Å². The molecule has 0 N–H and O–H groups in total. The van der Waals surface area contributed by atoms with Crippen LogP contribution in [0.4, 0.5) is 0 Å². The Morgan fingerprint density at radius 1 is 1.27 bits per heavy atom. The van der Waals surface area contributed by atoms with E-state index in [9.17, 15) is 4.79 Å². The van der Waals surface area contributed by atoms with Gasteiger partial charge in [-0.3, -0.25) is 4.79 Å². The molecule has 0 atom stereocenters. The molecule has 0 aromatic rings. The van der Waals surface area contributed by atoms with E-state index in [2.05, 4.69) is 20.8 Å². The van der Waals surface area contributed by atoms with E-state index in [1.54, 1.807) is 11.8 Å². The summed E-state index contributed by atoms with van der Waals surface area (Å²) in [4.78, 5) is 13.7. The monoisotopic (exact) mass is 229 g/mol. The highest BCUT2D eigenvalue weighted by atomic mass is 32.2. The highest BCUT2D eigenvalue weighted by molar-refractivity contribution is 7.99. The van der Waals surface area contributed by atoms with Crippen LogP contribution in [0, 0.1) is 5.41 Å². The molecule has 0 aliphatic carbocycles. The third kappa shape index (κ3) is 5.45. The van der Waals surface area contributed by atoms with E-state index in [1.807, 2.05) is 4.90 Å². The van der Waals surface area contributed by atoms with Crippen molar-refractivity contribution in [3.8, 4) is 0 Å². The molecular formula is C12H23NOS. The molecule has 0 unspecified atom stereocenters. The molecule has 1 rings (SSSR count).